The molecule has 9 rings (SSSR count). The minimum atomic E-state index is -2.04. The van der Waals surface area contributed by atoms with Crippen LogP contribution in [-0.4, -0.2) is 236 Å². The highest BCUT2D eigenvalue weighted by atomic mass is 19.1. The molecular weight excluding hydrogens is 1390 g/mol. The van der Waals surface area contributed by atoms with Crippen LogP contribution < -0.4 is 42.8 Å². The molecule has 5 heterocycles. The van der Waals surface area contributed by atoms with Gasteiger partial charge in [-0.25, -0.2) is 14.2 Å². The van der Waals surface area contributed by atoms with Crippen LogP contribution in [0.2, 0.25) is 0 Å². The molecule has 2 aromatic heterocycles. The van der Waals surface area contributed by atoms with Crippen LogP contribution in [0.1, 0.15) is 103 Å². The van der Waals surface area contributed by atoms with Crippen LogP contribution in [0.25, 0.3) is 22.3 Å². The molecule has 2 aliphatic carbocycles. The Morgan fingerprint density at radius 3 is 1.92 bits per heavy atom. The van der Waals surface area contributed by atoms with Crippen molar-refractivity contribution in [2.45, 2.75) is 115 Å². The Morgan fingerprint density at radius 1 is 0.679 bits per heavy atom. The van der Waals surface area contributed by atoms with Gasteiger partial charge in [-0.15, -0.1) is 0 Å². The average Bonchev–Trinajstić information content (AvgIpc) is 1.44. The number of esters is 1. The van der Waals surface area contributed by atoms with Crippen LogP contribution in [0.4, 0.5) is 4.39 Å². The standard InChI is InChI=1S/C73H95FN10O22/c1-3-73(96)53-37-58-68-51(42-84(58)71(94)52(53)43-105-72(73)95)67-55(14-13-50-46(2)54(74)38-56(81-68)66(50)67)82-69(92)48-35-49(36-48)106-45-79-61(87)40-78-70(93)57(34-47-10-6-4-7-11-47)80-62(88)41-76-60(86)39-77-63(89)44-104-33-32-103-31-30-102-29-28-101-27-26-100-25-24-99-23-22-98-21-20-97-19-17-75-59(85)12-8-5-9-18-83-64(90)15-16-65(83)91/h4,6-7,10-11,15-16,37-38,48-49,55,57,96H,3,5,8-9,12-14,17-36,39-45H2,1-2H3,(H,75,85)(H,76,86)(H,77,89)(H,78,93)(H,79,87)(H,80,88)(H,82,92)/t48?,49?,55-,57-,73-/m0/s1. The third kappa shape index (κ3) is 23.0. The van der Waals surface area contributed by atoms with E-state index in [2.05, 4.69) is 37.2 Å². The van der Waals surface area contributed by atoms with E-state index in [-0.39, 0.29) is 100 Å². The van der Waals surface area contributed by atoms with Crippen molar-refractivity contribution in [3.8, 4) is 11.4 Å². The number of aryl methyl sites for hydroxylation is 1. The van der Waals surface area contributed by atoms with E-state index in [0.717, 1.165) is 17.5 Å². The summed E-state index contributed by atoms with van der Waals surface area (Å²) >= 11 is 0. The summed E-state index contributed by atoms with van der Waals surface area (Å²) in [5, 5.41) is 30.7. The predicted octanol–water partition coefficient (Wildman–Crippen LogP) is 0.310. The fraction of sp³-hybridized carbons (Fsp3) is 0.562. The highest BCUT2D eigenvalue weighted by molar-refractivity contribution is 6.12. The number of unbranched alkanes of at least 4 members (excludes halogenated alkanes) is 2. The zero-order valence-corrected chi connectivity index (χ0v) is 59.8. The van der Waals surface area contributed by atoms with Gasteiger partial charge in [-0.1, -0.05) is 43.7 Å². The average molecular weight is 1480 g/mol. The predicted molar refractivity (Wildman–Crippen MR) is 374 cm³/mol. The van der Waals surface area contributed by atoms with Crippen LogP contribution in [0, 0.1) is 18.7 Å². The molecule has 4 aromatic rings. The monoisotopic (exact) mass is 1480 g/mol. The number of ether oxygens (including phenoxy) is 10. The van der Waals surface area contributed by atoms with Crippen LogP contribution in [-0.2, 0) is 127 Å². The molecule has 0 spiro atoms. The van der Waals surface area contributed by atoms with Crippen molar-refractivity contribution >= 4 is 70.0 Å². The summed E-state index contributed by atoms with van der Waals surface area (Å²) in [4.78, 5) is 146. The fourth-order valence-corrected chi connectivity index (χ4v) is 12.7. The number of nitrogens with one attached hydrogen (secondary N) is 7. The number of aromatic nitrogens is 2. The number of fused-ring (bicyclic) bond motifs is 5. The number of benzene rings is 2. The fourth-order valence-electron chi connectivity index (χ4n) is 12.7. The first-order valence-electron chi connectivity index (χ1n) is 35.9. The lowest BCUT2D eigenvalue weighted by atomic mass is 9.79. The lowest BCUT2D eigenvalue weighted by molar-refractivity contribution is -0.172. The number of cyclic esters (lactones) is 1. The van der Waals surface area contributed by atoms with Crippen molar-refractivity contribution in [1.29, 1.82) is 0 Å². The third-order valence-corrected chi connectivity index (χ3v) is 18.6. The van der Waals surface area contributed by atoms with E-state index >= 15 is 4.39 Å². The van der Waals surface area contributed by atoms with Gasteiger partial charge in [-0.3, -0.25) is 52.8 Å². The van der Waals surface area contributed by atoms with Crippen molar-refractivity contribution in [2.75, 3.05) is 145 Å². The molecular formula is C73H95FN10O22. The number of aliphatic hydroxyl groups is 1. The topological polar surface area (TPSA) is 406 Å². The normalized spacial score (nSPS) is 17.8. The van der Waals surface area contributed by atoms with Crippen molar-refractivity contribution in [2.24, 2.45) is 5.92 Å². The number of carbonyl (C=O) groups excluding carboxylic acids is 10. The summed E-state index contributed by atoms with van der Waals surface area (Å²) in [6, 6.07) is 10.1. The first-order valence-corrected chi connectivity index (χ1v) is 35.9. The summed E-state index contributed by atoms with van der Waals surface area (Å²) < 4.78 is 71.8. The summed E-state index contributed by atoms with van der Waals surface area (Å²) in [5.74, 6) is -5.86. The molecule has 8 N–H and O–H groups in total. The van der Waals surface area contributed by atoms with Gasteiger partial charge in [0.25, 0.3) is 17.4 Å². The molecule has 0 bridgehead atoms. The van der Waals surface area contributed by atoms with E-state index in [9.17, 15) is 57.8 Å². The number of hydrogen-bond acceptors (Lipinski definition) is 23. The highest BCUT2D eigenvalue weighted by Crippen LogP contribution is 2.46. The number of nitrogens with zero attached hydrogens (tertiary/aromatic N) is 3. The SMILES string of the molecule is CC[C@@]1(O)C(=O)OCc2c1cc1n(c2=O)Cc2c-1nc1cc(F)c(C)c3c1c2[C@@H](NC(=O)C1CC(OCNC(=O)CNC(=O)[C@H](Cc2ccccc2)NC(=O)CNC(=O)CNC(=O)COCCOCCOCCOCCOCCOCCOCCOCCNC(=O)CCCCCN2C(=O)C=CC2=O)C1)CC3. The van der Waals surface area contributed by atoms with Crippen LogP contribution in [0.15, 0.2) is 59.4 Å². The van der Waals surface area contributed by atoms with Gasteiger partial charge in [-0.05, 0) is 80.2 Å². The molecule has 0 unspecified atom stereocenters. The molecule has 106 heavy (non-hydrogen) atoms. The summed E-state index contributed by atoms with van der Waals surface area (Å²) in [6.45, 7) is 6.94. The van der Waals surface area contributed by atoms with E-state index < -0.39 is 90.1 Å². The number of halogens is 1. The second-order valence-corrected chi connectivity index (χ2v) is 25.9. The van der Waals surface area contributed by atoms with Gasteiger partial charge in [0, 0.05) is 66.6 Å². The summed E-state index contributed by atoms with van der Waals surface area (Å²) in [7, 11) is 0. The number of hydrogen-bond donors (Lipinski definition) is 8. The Labute approximate surface area is 611 Å². The lowest BCUT2D eigenvalue weighted by Crippen LogP contribution is -2.52. The van der Waals surface area contributed by atoms with Crippen LogP contribution >= 0.6 is 0 Å². The molecule has 0 radical (unpaired) electrons. The van der Waals surface area contributed by atoms with Crippen LogP contribution in [0.3, 0.4) is 0 Å². The summed E-state index contributed by atoms with van der Waals surface area (Å²) in [6.07, 6.45) is 6.18. The zero-order chi connectivity index (χ0) is 75.4. The van der Waals surface area contributed by atoms with E-state index in [1.807, 2.05) is 0 Å². The molecule has 1 fully saturated rings. The minimum Gasteiger partial charge on any atom is -0.458 e. The molecule has 3 atom stereocenters. The maximum atomic E-state index is 15.5. The van der Waals surface area contributed by atoms with E-state index in [4.69, 9.17) is 52.4 Å². The zero-order valence-electron chi connectivity index (χ0n) is 59.8. The minimum absolute atomic E-state index is 0.0370. The van der Waals surface area contributed by atoms with Gasteiger partial charge in [-0.2, -0.15) is 0 Å². The Hall–Kier alpha value is -9.03. The number of amides is 9. The second-order valence-electron chi connectivity index (χ2n) is 25.9. The Morgan fingerprint density at radius 2 is 1.27 bits per heavy atom. The Balaban J connectivity index is 0.553. The lowest BCUT2D eigenvalue weighted by Gasteiger charge is -2.36. The van der Waals surface area contributed by atoms with Gasteiger partial charge in [0.15, 0.2) is 5.60 Å². The van der Waals surface area contributed by atoms with Gasteiger partial charge >= 0.3 is 5.97 Å². The number of rotatable bonds is 48. The molecule has 1 saturated carbocycles. The number of pyridine rings is 2. The molecule has 3 aliphatic heterocycles. The summed E-state index contributed by atoms with van der Waals surface area (Å²) in [5.41, 5.74) is 2.28. The maximum Gasteiger partial charge on any atom is 0.343 e. The van der Waals surface area contributed by atoms with Crippen molar-refractivity contribution in [3.05, 3.63) is 110 Å². The van der Waals surface area contributed by atoms with Gasteiger partial charge in [0.2, 0.25) is 41.4 Å². The first kappa shape index (κ1) is 81.1. The molecule has 0 saturated heterocycles. The Kier molecular flexibility index (Phi) is 31.5. The Bertz CT molecular complexity index is 3840. The molecule has 9 amide bonds. The quantitative estimate of drug-likeness (QED) is 0.0112. The van der Waals surface area contributed by atoms with Crippen molar-refractivity contribution in [1.82, 2.24) is 51.7 Å². The number of imide groups is 1. The largest absolute Gasteiger partial charge is 0.458 e. The molecule has 576 valence electrons. The van der Waals surface area contributed by atoms with Crippen LogP contribution in [0.5, 0.6) is 0 Å². The smallest absolute Gasteiger partial charge is 0.343 e. The highest BCUT2D eigenvalue weighted by Gasteiger charge is 2.46. The maximum absolute atomic E-state index is 15.5. The first-order chi connectivity index (χ1) is 51.3. The van der Waals surface area contributed by atoms with Gasteiger partial charge in [0.05, 0.1) is 160 Å². The van der Waals surface area contributed by atoms with E-state index in [1.54, 1.807) is 50.2 Å². The van der Waals surface area contributed by atoms with Gasteiger partial charge in [0.1, 0.15) is 31.8 Å². The molecule has 2 aromatic carbocycles. The molecule has 32 nitrogen and oxygen atoms in total. The second kappa shape index (κ2) is 41.2. The van der Waals surface area contributed by atoms with Crippen molar-refractivity contribution in [3.63, 3.8) is 0 Å². The van der Waals surface area contributed by atoms with Crippen molar-refractivity contribution < 1.29 is 105 Å². The van der Waals surface area contributed by atoms with E-state index in [1.165, 1.54) is 27.7 Å². The van der Waals surface area contributed by atoms with Gasteiger partial charge < -0.3 is 94.3 Å². The molecule has 5 aliphatic rings. The number of carbonyl (C=O) groups is 10. The third-order valence-electron chi connectivity index (χ3n) is 18.6. The molecule has 33 heteroatoms. The van der Waals surface area contributed by atoms with E-state index in [0.29, 0.717) is 176 Å².